The Morgan fingerprint density at radius 3 is 2.69 bits per heavy atom. The first-order valence-corrected chi connectivity index (χ1v) is 9.24. The number of carbonyl (C=O) groups is 1. The van der Waals surface area contributed by atoms with Crippen LogP contribution in [-0.4, -0.2) is 49.0 Å². The molecule has 2 fully saturated rings. The summed E-state index contributed by atoms with van der Waals surface area (Å²) in [5.41, 5.74) is 1.32. The molecule has 3 rings (SSSR count). The number of piperidine rings is 1. The van der Waals surface area contributed by atoms with Gasteiger partial charge in [-0.3, -0.25) is 4.98 Å². The zero-order chi connectivity index (χ0) is 18.8. The van der Waals surface area contributed by atoms with Crippen LogP contribution in [0.25, 0.3) is 0 Å². The minimum atomic E-state index is -0.749. The maximum atomic E-state index is 12.0. The lowest BCUT2D eigenvalue weighted by atomic mass is 10.1. The number of ether oxygens (including phenoxy) is 3. The topological polar surface area (TPSA) is 72.9 Å². The van der Waals surface area contributed by atoms with Gasteiger partial charge in [-0.2, -0.15) is 0 Å². The molecule has 0 aromatic carbocycles. The third kappa shape index (κ3) is 4.65. The van der Waals surface area contributed by atoms with E-state index in [4.69, 9.17) is 14.2 Å². The second kappa shape index (κ2) is 7.40. The zero-order valence-corrected chi connectivity index (χ0v) is 16.1. The molecule has 1 aromatic heterocycles. The normalized spacial score (nSPS) is 22.9. The fourth-order valence-electron chi connectivity index (χ4n) is 3.31. The summed E-state index contributed by atoms with van der Waals surface area (Å²) >= 11 is 0. The van der Waals surface area contributed by atoms with Crippen molar-refractivity contribution in [2.75, 3.05) is 31.2 Å². The molecule has 2 saturated heterocycles. The molecule has 1 aromatic rings. The number of carbonyl (C=O) groups excluding carboxylic acids is 1. The highest BCUT2D eigenvalue weighted by Crippen LogP contribution is 2.30. The highest BCUT2D eigenvalue weighted by Gasteiger charge is 2.34. The second-order valence-corrected chi connectivity index (χ2v) is 7.98. The van der Waals surface area contributed by atoms with Crippen LogP contribution in [0.1, 0.15) is 46.2 Å². The number of anilines is 1. The molecule has 0 saturated carbocycles. The molecule has 2 aliphatic rings. The molecule has 3 heterocycles. The van der Waals surface area contributed by atoms with Gasteiger partial charge >= 0.3 is 6.09 Å². The zero-order valence-electron chi connectivity index (χ0n) is 16.1. The van der Waals surface area contributed by atoms with Gasteiger partial charge in [0.05, 0.1) is 30.8 Å². The summed E-state index contributed by atoms with van der Waals surface area (Å²) in [6.07, 6.45) is 3.44. The largest absolute Gasteiger partial charge is 0.444 e. The van der Waals surface area contributed by atoms with Gasteiger partial charge in [-0.15, -0.1) is 0 Å². The maximum absolute atomic E-state index is 12.0. The smallest absolute Gasteiger partial charge is 0.407 e. The van der Waals surface area contributed by atoms with Crippen molar-refractivity contribution < 1.29 is 19.0 Å². The van der Waals surface area contributed by atoms with E-state index in [-0.39, 0.29) is 12.1 Å². The first-order chi connectivity index (χ1) is 12.3. The van der Waals surface area contributed by atoms with E-state index >= 15 is 0 Å². The van der Waals surface area contributed by atoms with E-state index < -0.39 is 11.4 Å². The van der Waals surface area contributed by atoms with Gasteiger partial charge < -0.3 is 24.4 Å². The quantitative estimate of drug-likeness (QED) is 0.890. The molecule has 1 N–H and O–H groups in total. The van der Waals surface area contributed by atoms with Gasteiger partial charge in [0.25, 0.3) is 0 Å². The van der Waals surface area contributed by atoms with E-state index in [1.54, 1.807) is 0 Å². The third-order valence-corrected chi connectivity index (χ3v) is 4.56. The fraction of sp³-hybridized carbons (Fsp3) is 0.684. The molecule has 0 aliphatic carbocycles. The molecular formula is C19H29N3O4. The molecule has 1 amide bonds. The van der Waals surface area contributed by atoms with Crippen molar-refractivity contribution in [1.29, 1.82) is 0 Å². The van der Waals surface area contributed by atoms with E-state index in [2.05, 4.69) is 15.2 Å². The van der Waals surface area contributed by atoms with Crippen LogP contribution >= 0.6 is 0 Å². The number of hydrogen-bond donors (Lipinski definition) is 1. The second-order valence-electron chi connectivity index (χ2n) is 7.98. The maximum Gasteiger partial charge on any atom is 0.407 e. The van der Waals surface area contributed by atoms with Crippen LogP contribution in [0.4, 0.5) is 10.5 Å². The summed E-state index contributed by atoms with van der Waals surface area (Å²) < 4.78 is 16.7. The molecular weight excluding hydrogens is 334 g/mol. The van der Waals surface area contributed by atoms with Gasteiger partial charge in [0, 0.05) is 19.1 Å². The molecule has 7 heteroatoms. The Morgan fingerprint density at radius 2 is 2.08 bits per heavy atom. The molecule has 7 nitrogen and oxygen atoms in total. The molecule has 26 heavy (non-hydrogen) atoms. The van der Waals surface area contributed by atoms with Gasteiger partial charge in [0.15, 0.2) is 0 Å². The average molecular weight is 363 g/mol. The summed E-state index contributed by atoms with van der Waals surface area (Å²) in [5, 5.41) is 2.97. The van der Waals surface area contributed by atoms with E-state index in [1.165, 1.54) is 0 Å². The molecule has 0 radical (unpaired) electrons. The molecule has 0 spiro atoms. The van der Waals surface area contributed by atoms with E-state index in [9.17, 15) is 4.79 Å². The van der Waals surface area contributed by atoms with E-state index in [1.807, 2.05) is 46.0 Å². The molecule has 144 valence electrons. The van der Waals surface area contributed by atoms with Crippen LogP contribution in [0.3, 0.4) is 0 Å². The minimum absolute atomic E-state index is 0.0669. The Balaban J connectivity index is 1.60. The summed E-state index contributed by atoms with van der Waals surface area (Å²) in [7, 11) is 0. The Morgan fingerprint density at radius 1 is 1.35 bits per heavy atom. The Bertz CT molecular complexity index is 621. The number of nitrogens with one attached hydrogen (secondary N) is 1. The predicted octanol–water partition coefficient (Wildman–Crippen LogP) is 2.79. The lowest BCUT2D eigenvalue weighted by Gasteiger charge is -2.35. The summed E-state index contributed by atoms with van der Waals surface area (Å²) in [6, 6.07) is 4.05. The van der Waals surface area contributed by atoms with E-state index in [0.29, 0.717) is 13.2 Å². The summed E-state index contributed by atoms with van der Waals surface area (Å²) in [4.78, 5) is 18.8. The summed E-state index contributed by atoms with van der Waals surface area (Å²) in [5.74, 6) is -0.749. The van der Waals surface area contributed by atoms with Crippen molar-refractivity contribution in [2.24, 2.45) is 0 Å². The van der Waals surface area contributed by atoms with Crippen LogP contribution in [0.15, 0.2) is 18.3 Å². The van der Waals surface area contributed by atoms with Crippen molar-refractivity contribution in [3.8, 4) is 0 Å². The standard InChI is InChI=1S/C19H29N3O4/c1-18(2,3)26-17(23)21-14-6-5-9-22(13-14)15-7-8-16(20-12-15)19(4)24-10-11-25-19/h7-8,12,14H,5-6,9-11,13H2,1-4H3,(H,21,23)/t14-/m1/s1. The SMILES string of the molecule is CC(C)(C)OC(=O)N[C@@H]1CCCN(c2ccc(C3(C)OCCO3)nc2)C1. The molecule has 0 bridgehead atoms. The number of nitrogens with zero attached hydrogens (tertiary/aromatic N) is 2. The monoisotopic (exact) mass is 363 g/mol. The van der Waals surface area contributed by atoms with Crippen molar-refractivity contribution in [3.05, 3.63) is 24.0 Å². The number of amides is 1. The van der Waals surface area contributed by atoms with Gasteiger partial charge in [-0.25, -0.2) is 4.79 Å². The molecule has 0 unspecified atom stereocenters. The first-order valence-electron chi connectivity index (χ1n) is 9.24. The minimum Gasteiger partial charge on any atom is -0.444 e. The Kier molecular flexibility index (Phi) is 5.39. The van der Waals surface area contributed by atoms with Gasteiger partial charge in [0.2, 0.25) is 5.79 Å². The van der Waals surface area contributed by atoms with E-state index in [0.717, 1.165) is 37.3 Å². The predicted molar refractivity (Wildman–Crippen MR) is 98.1 cm³/mol. The fourth-order valence-corrected chi connectivity index (χ4v) is 3.31. The average Bonchev–Trinajstić information content (AvgIpc) is 3.01. The molecule has 1 atom stereocenters. The highest BCUT2D eigenvalue weighted by molar-refractivity contribution is 5.68. The number of rotatable bonds is 3. The number of alkyl carbamates (subject to hydrolysis) is 1. The van der Waals surface area contributed by atoms with Crippen LogP contribution in [-0.2, 0) is 20.0 Å². The van der Waals surface area contributed by atoms with Crippen molar-refractivity contribution >= 4 is 11.8 Å². The van der Waals surface area contributed by atoms with Gasteiger partial charge in [-0.05, 0) is 52.7 Å². The number of aromatic nitrogens is 1. The Labute approximate surface area is 155 Å². The van der Waals surface area contributed by atoms with Crippen molar-refractivity contribution in [1.82, 2.24) is 10.3 Å². The lowest BCUT2D eigenvalue weighted by Crippen LogP contribution is -2.49. The van der Waals surface area contributed by atoms with Crippen LogP contribution < -0.4 is 10.2 Å². The highest BCUT2D eigenvalue weighted by atomic mass is 16.7. The van der Waals surface area contributed by atoms with Gasteiger partial charge in [-0.1, -0.05) is 0 Å². The van der Waals surface area contributed by atoms with Crippen LogP contribution in [0.5, 0.6) is 0 Å². The first kappa shape index (κ1) is 18.9. The number of hydrogen-bond acceptors (Lipinski definition) is 6. The molecule has 2 aliphatic heterocycles. The van der Waals surface area contributed by atoms with Crippen molar-refractivity contribution in [3.63, 3.8) is 0 Å². The van der Waals surface area contributed by atoms with Crippen LogP contribution in [0.2, 0.25) is 0 Å². The van der Waals surface area contributed by atoms with Crippen LogP contribution in [0, 0.1) is 0 Å². The Hall–Kier alpha value is -1.86. The lowest BCUT2D eigenvalue weighted by molar-refractivity contribution is -0.152. The van der Waals surface area contributed by atoms with Gasteiger partial charge in [0.1, 0.15) is 5.60 Å². The third-order valence-electron chi connectivity index (χ3n) is 4.56. The number of pyridine rings is 1. The summed E-state index contributed by atoms with van der Waals surface area (Å²) in [6.45, 7) is 10.3. The van der Waals surface area contributed by atoms with Crippen molar-refractivity contribution in [2.45, 2.75) is 58.0 Å².